The number of piperidine rings is 1. The molecule has 120 valence electrons. The maximum atomic E-state index is 12.7. The average Bonchev–Trinajstić information content (AvgIpc) is 3.08. The van der Waals surface area contributed by atoms with Gasteiger partial charge >= 0.3 is 6.09 Å². The Morgan fingerprint density at radius 2 is 2.00 bits per heavy atom. The largest absolute Gasteiger partial charge is 0.443 e. The molecule has 0 aromatic heterocycles. The van der Waals surface area contributed by atoms with Crippen LogP contribution in [0.5, 0.6) is 0 Å². The highest BCUT2D eigenvalue weighted by atomic mass is 16.6. The van der Waals surface area contributed by atoms with E-state index in [1.165, 1.54) is 0 Å². The zero-order valence-electron chi connectivity index (χ0n) is 14.0. The smallest absolute Gasteiger partial charge is 0.414 e. The van der Waals surface area contributed by atoms with Crippen molar-refractivity contribution in [3.63, 3.8) is 0 Å². The highest BCUT2D eigenvalue weighted by molar-refractivity contribution is 6.12. The summed E-state index contributed by atoms with van der Waals surface area (Å²) in [5.74, 6) is 0.427. The zero-order chi connectivity index (χ0) is 16.6. The highest BCUT2D eigenvalue weighted by Crippen LogP contribution is 2.67. The van der Waals surface area contributed by atoms with E-state index in [0.717, 1.165) is 23.2 Å². The second kappa shape index (κ2) is 4.25. The Balaban J connectivity index is 1.80. The van der Waals surface area contributed by atoms with Crippen LogP contribution in [-0.4, -0.2) is 28.9 Å². The first kappa shape index (κ1) is 14.5. The minimum Gasteiger partial charge on any atom is -0.443 e. The van der Waals surface area contributed by atoms with Crippen molar-refractivity contribution in [2.24, 2.45) is 5.92 Å². The van der Waals surface area contributed by atoms with Crippen LogP contribution in [0.15, 0.2) is 35.5 Å². The third-order valence-corrected chi connectivity index (χ3v) is 5.16. The molecule has 1 aromatic carbocycles. The molecular weight excluding hydrogens is 290 g/mol. The fraction of sp³-hybridized carbons (Fsp3) is 0.474. The van der Waals surface area contributed by atoms with Crippen LogP contribution < -0.4 is 0 Å². The van der Waals surface area contributed by atoms with Crippen LogP contribution in [0, 0.1) is 5.92 Å². The van der Waals surface area contributed by atoms with Crippen LogP contribution in [0.3, 0.4) is 0 Å². The number of ether oxygens (including phenoxy) is 1. The van der Waals surface area contributed by atoms with Gasteiger partial charge in [0, 0.05) is 28.8 Å². The van der Waals surface area contributed by atoms with Gasteiger partial charge in [-0.2, -0.15) is 0 Å². The van der Waals surface area contributed by atoms with Crippen molar-refractivity contribution in [2.75, 3.05) is 6.54 Å². The van der Waals surface area contributed by atoms with Crippen molar-refractivity contribution >= 4 is 11.9 Å². The lowest BCUT2D eigenvalue weighted by atomic mass is 9.78. The first-order chi connectivity index (χ1) is 10.8. The van der Waals surface area contributed by atoms with Crippen molar-refractivity contribution in [2.45, 2.75) is 45.1 Å². The molecule has 4 rings (SSSR count). The number of carbonyl (C=O) groups is 2. The molecule has 1 saturated carbocycles. The van der Waals surface area contributed by atoms with Gasteiger partial charge in [0.05, 0.1) is 0 Å². The molecule has 1 saturated heterocycles. The lowest BCUT2D eigenvalue weighted by Gasteiger charge is -2.33. The molecule has 0 radical (unpaired) electrons. The van der Waals surface area contributed by atoms with E-state index in [1.54, 1.807) is 4.90 Å². The molecule has 3 aliphatic rings. The predicted molar refractivity (Wildman–Crippen MR) is 86.2 cm³/mol. The van der Waals surface area contributed by atoms with Crippen LogP contribution in [0.1, 0.15) is 50.0 Å². The molecule has 23 heavy (non-hydrogen) atoms. The van der Waals surface area contributed by atoms with E-state index < -0.39 is 5.60 Å². The molecule has 2 atom stereocenters. The van der Waals surface area contributed by atoms with Gasteiger partial charge in [0.1, 0.15) is 5.60 Å². The van der Waals surface area contributed by atoms with Crippen molar-refractivity contribution in [3.05, 3.63) is 46.7 Å². The molecule has 2 fully saturated rings. The molecule has 4 heteroatoms. The normalized spacial score (nSPS) is 28.3. The minimum atomic E-state index is -0.540. The molecule has 4 nitrogen and oxygen atoms in total. The molecule has 1 spiro atoms. The van der Waals surface area contributed by atoms with E-state index in [9.17, 15) is 9.59 Å². The summed E-state index contributed by atoms with van der Waals surface area (Å²) in [6.45, 7) is 8.07. The maximum absolute atomic E-state index is 12.7. The molecule has 0 N–H and O–H groups in total. The van der Waals surface area contributed by atoms with Crippen molar-refractivity contribution < 1.29 is 14.3 Å². The summed E-state index contributed by atoms with van der Waals surface area (Å²) >= 11 is 0. The van der Waals surface area contributed by atoms with Gasteiger partial charge < -0.3 is 4.74 Å². The Morgan fingerprint density at radius 1 is 1.30 bits per heavy atom. The van der Waals surface area contributed by atoms with Gasteiger partial charge in [0.2, 0.25) is 0 Å². The Morgan fingerprint density at radius 3 is 2.70 bits per heavy atom. The second-order valence-electron chi connectivity index (χ2n) is 7.81. The quantitative estimate of drug-likeness (QED) is 0.734. The van der Waals surface area contributed by atoms with Gasteiger partial charge in [-0.05, 0) is 45.6 Å². The van der Waals surface area contributed by atoms with Gasteiger partial charge in [-0.25, -0.2) is 4.79 Å². The van der Waals surface area contributed by atoms with E-state index in [1.807, 2.05) is 52.0 Å². The monoisotopic (exact) mass is 311 g/mol. The van der Waals surface area contributed by atoms with Crippen LogP contribution >= 0.6 is 0 Å². The van der Waals surface area contributed by atoms with Gasteiger partial charge in [-0.1, -0.05) is 24.3 Å². The first-order valence-electron chi connectivity index (χ1n) is 8.12. The van der Waals surface area contributed by atoms with E-state index in [2.05, 4.69) is 0 Å². The van der Waals surface area contributed by atoms with Gasteiger partial charge in [0.15, 0.2) is 5.78 Å². The molecule has 0 unspecified atom stereocenters. The third-order valence-electron chi connectivity index (χ3n) is 5.16. The number of amides is 1. The number of benzene rings is 1. The summed E-state index contributed by atoms with van der Waals surface area (Å²) in [4.78, 5) is 27.0. The van der Waals surface area contributed by atoms with Gasteiger partial charge in [0.25, 0.3) is 0 Å². The molecule has 1 amide bonds. The number of hydrogen-bond donors (Lipinski definition) is 0. The summed E-state index contributed by atoms with van der Waals surface area (Å²) in [5.41, 5.74) is 2.76. The fourth-order valence-electron chi connectivity index (χ4n) is 4.25. The Hall–Kier alpha value is -2.10. The molecule has 1 aromatic rings. The third kappa shape index (κ3) is 1.84. The van der Waals surface area contributed by atoms with Crippen LogP contribution in [0.25, 0.3) is 0 Å². The molecule has 2 aliphatic carbocycles. The summed E-state index contributed by atoms with van der Waals surface area (Å²) in [6.07, 6.45) is 0.675. The average molecular weight is 311 g/mol. The zero-order valence-corrected chi connectivity index (χ0v) is 14.0. The van der Waals surface area contributed by atoms with Crippen molar-refractivity contribution in [1.29, 1.82) is 0 Å². The van der Waals surface area contributed by atoms with Gasteiger partial charge in [-0.3, -0.25) is 9.69 Å². The SMILES string of the molecule is CC1=C2N(C(=O)OC(C)(C)C)C[C@H]3C[C@@]23c2ccccc2C1=O. The first-order valence-corrected chi connectivity index (χ1v) is 8.12. The number of allylic oxidation sites excluding steroid dienone is 2. The number of rotatable bonds is 0. The summed E-state index contributed by atoms with van der Waals surface area (Å²) in [6, 6.07) is 7.82. The Kier molecular flexibility index (Phi) is 2.68. The molecular formula is C19H21NO3. The summed E-state index contributed by atoms with van der Waals surface area (Å²) < 4.78 is 5.55. The summed E-state index contributed by atoms with van der Waals surface area (Å²) in [7, 11) is 0. The number of nitrogens with zero attached hydrogens (tertiary/aromatic N) is 1. The second-order valence-corrected chi connectivity index (χ2v) is 7.81. The van der Waals surface area contributed by atoms with Crippen LogP contribution in [0.2, 0.25) is 0 Å². The van der Waals surface area contributed by atoms with Crippen molar-refractivity contribution in [3.8, 4) is 0 Å². The lowest BCUT2D eigenvalue weighted by Crippen LogP contribution is -2.39. The van der Waals surface area contributed by atoms with E-state index in [4.69, 9.17) is 4.74 Å². The maximum Gasteiger partial charge on any atom is 0.414 e. The predicted octanol–water partition coefficient (Wildman–Crippen LogP) is 3.67. The lowest BCUT2D eigenvalue weighted by molar-refractivity contribution is 0.0320. The molecule has 1 aliphatic heterocycles. The van der Waals surface area contributed by atoms with E-state index in [-0.39, 0.29) is 17.3 Å². The number of hydrogen-bond acceptors (Lipinski definition) is 3. The topological polar surface area (TPSA) is 46.6 Å². The van der Waals surface area contributed by atoms with E-state index in [0.29, 0.717) is 18.0 Å². The highest BCUT2D eigenvalue weighted by Gasteiger charge is 2.68. The van der Waals surface area contributed by atoms with Crippen LogP contribution in [0.4, 0.5) is 4.79 Å². The summed E-state index contributed by atoms with van der Waals surface area (Å²) in [5, 5.41) is 0. The number of ketones is 1. The Labute approximate surface area is 136 Å². The number of Topliss-reactive ketones (excluding diaryl/α,β-unsaturated/α-hetero) is 1. The molecule has 1 heterocycles. The standard InChI is InChI=1S/C19H21NO3/c1-11-15(21)13-7-5-6-8-14(13)19-9-12(19)10-20(16(11)19)17(22)23-18(2,3)4/h5-8,12H,9-10H2,1-4H3/t12-,19-/m1/s1. The van der Waals surface area contributed by atoms with Gasteiger partial charge in [-0.15, -0.1) is 0 Å². The number of fused-ring (bicyclic) bond motifs is 1. The van der Waals surface area contributed by atoms with E-state index >= 15 is 0 Å². The van der Waals surface area contributed by atoms with Crippen molar-refractivity contribution in [1.82, 2.24) is 4.90 Å². The molecule has 0 bridgehead atoms. The number of likely N-dealkylation sites (tertiary alicyclic amines) is 1. The number of carbonyl (C=O) groups excluding carboxylic acids is 2. The minimum absolute atomic E-state index is 0.0299. The fourth-order valence-corrected chi connectivity index (χ4v) is 4.25. The van der Waals surface area contributed by atoms with Crippen LogP contribution in [-0.2, 0) is 10.2 Å². The Bertz CT molecular complexity index is 771.